The summed E-state index contributed by atoms with van der Waals surface area (Å²) in [6.07, 6.45) is 3.04. The van der Waals surface area contributed by atoms with Crippen molar-refractivity contribution in [1.82, 2.24) is 4.98 Å². The van der Waals surface area contributed by atoms with Crippen molar-refractivity contribution < 1.29 is 0 Å². The molecule has 2 aromatic rings. The van der Waals surface area contributed by atoms with E-state index in [0.29, 0.717) is 0 Å². The van der Waals surface area contributed by atoms with Gasteiger partial charge in [-0.05, 0) is 17.4 Å². The van der Waals surface area contributed by atoms with E-state index in [4.69, 9.17) is 0 Å². The SMILES string of the molecule is CC(C)(C)c1ccc(-c2ncc(CCBr)s2)cc1. The first-order valence-corrected chi connectivity index (χ1v) is 8.06. The summed E-state index contributed by atoms with van der Waals surface area (Å²) in [6.45, 7) is 6.71. The smallest absolute Gasteiger partial charge is 0.123 e. The molecule has 0 saturated heterocycles. The summed E-state index contributed by atoms with van der Waals surface area (Å²) >= 11 is 5.24. The van der Waals surface area contributed by atoms with Crippen LogP contribution < -0.4 is 0 Å². The average Bonchev–Trinajstić information content (AvgIpc) is 2.77. The Hall–Kier alpha value is -0.670. The zero-order valence-corrected chi connectivity index (χ0v) is 13.4. The summed E-state index contributed by atoms with van der Waals surface area (Å²) in [5, 5.41) is 2.11. The lowest BCUT2D eigenvalue weighted by molar-refractivity contribution is 0.590. The molecule has 1 heterocycles. The largest absolute Gasteiger partial charge is 0.244 e. The van der Waals surface area contributed by atoms with Crippen molar-refractivity contribution in [2.24, 2.45) is 0 Å². The molecule has 0 unspecified atom stereocenters. The van der Waals surface area contributed by atoms with E-state index in [1.807, 2.05) is 6.20 Å². The minimum Gasteiger partial charge on any atom is -0.244 e. The van der Waals surface area contributed by atoms with Gasteiger partial charge in [0.25, 0.3) is 0 Å². The number of rotatable bonds is 3. The third-order valence-electron chi connectivity index (χ3n) is 2.89. The molecule has 0 amide bonds. The summed E-state index contributed by atoms with van der Waals surface area (Å²) in [7, 11) is 0. The van der Waals surface area contributed by atoms with E-state index in [2.05, 4.69) is 66.0 Å². The Morgan fingerprint density at radius 3 is 2.39 bits per heavy atom. The number of nitrogens with zero attached hydrogens (tertiary/aromatic N) is 1. The summed E-state index contributed by atoms with van der Waals surface area (Å²) in [5.74, 6) is 0. The first kappa shape index (κ1) is 13.8. The van der Waals surface area contributed by atoms with E-state index < -0.39 is 0 Å². The molecule has 0 aliphatic carbocycles. The van der Waals surface area contributed by atoms with Gasteiger partial charge in [-0.1, -0.05) is 61.0 Å². The fourth-order valence-electron chi connectivity index (χ4n) is 1.76. The van der Waals surface area contributed by atoms with Crippen LogP contribution in [0.1, 0.15) is 31.2 Å². The third-order valence-corrected chi connectivity index (χ3v) is 4.40. The lowest BCUT2D eigenvalue weighted by atomic mass is 9.87. The van der Waals surface area contributed by atoms with E-state index in [9.17, 15) is 0 Å². The van der Waals surface area contributed by atoms with Gasteiger partial charge in [0, 0.05) is 22.0 Å². The van der Waals surface area contributed by atoms with Crippen molar-refractivity contribution in [3.63, 3.8) is 0 Å². The van der Waals surface area contributed by atoms with Crippen molar-refractivity contribution in [2.45, 2.75) is 32.6 Å². The van der Waals surface area contributed by atoms with Gasteiger partial charge in [0.1, 0.15) is 5.01 Å². The number of benzene rings is 1. The zero-order valence-electron chi connectivity index (χ0n) is 11.0. The molecule has 0 bridgehead atoms. The van der Waals surface area contributed by atoms with Crippen LogP contribution in [0.3, 0.4) is 0 Å². The molecule has 1 nitrogen and oxygen atoms in total. The first-order chi connectivity index (χ1) is 8.50. The molecular formula is C15H18BrNS. The van der Waals surface area contributed by atoms with Gasteiger partial charge in [-0.15, -0.1) is 11.3 Å². The molecule has 0 fully saturated rings. The highest BCUT2D eigenvalue weighted by Gasteiger charge is 2.13. The van der Waals surface area contributed by atoms with Gasteiger partial charge in [0.2, 0.25) is 0 Å². The zero-order chi connectivity index (χ0) is 13.2. The Morgan fingerprint density at radius 2 is 1.83 bits per heavy atom. The third kappa shape index (κ3) is 3.21. The number of alkyl halides is 1. The Morgan fingerprint density at radius 1 is 1.17 bits per heavy atom. The summed E-state index contributed by atoms with van der Waals surface area (Å²) in [4.78, 5) is 5.83. The van der Waals surface area contributed by atoms with E-state index in [1.54, 1.807) is 11.3 Å². The van der Waals surface area contributed by atoms with Crippen LogP contribution in [-0.2, 0) is 11.8 Å². The van der Waals surface area contributed by atoms with E-state index >= 15 is 0 Å². The maximum absolute atomic E-state index is 4.49. The van der Waals surface area contributed by atoms with Crippen LogP contribution in [0.5, 0.6) is 0 Å². The Labute approximate surface area is 121 Å². The number of hydrogen-bond donors (Lipinski definition) is 0. The van der Waals surface area contributed by atoms with Crippen molar-refractivity contribution in [2.75, 3.05) is 5.33 Å². The van der Waals surface area contributed by atoms with Gasteiger partial charge in [-0.25, -0.2) is 4.98 Å². The lowest BCUT2D eigenvalue weighted by Gasteiger charge is -2.18. The predicted octanol–water partition coefficient (Wildman–Crippen LogP) is 5.05. The second kappa shape index (κ2) is 5.54. The topological polar surface area (TPSA) is 12.9 Å². The number of thiazole rings is 1. The van der Waals surface area contributed by atoms with E-state index in [1.165, 1.54) is 16.0 Å². The maximum Gasteiger partial charge on any atom is 0.123 e. The van der Waals surface area contributed by atoms with Gasteiger partial charge >= 0.3 is 0 Å². The Kier molecular flexibility index (Phi) is 4.23. The summed E-state index contributed by atoms with van der Waals surface area (Å²) in [6, 6.07) is 8.77. The normalized spacial score (nSPS) is 11.8. The molecule has 18 heavy (non-hydrogen) atoms. The van der Waals surface area contributed by atoms with Crippen molar-refractivity contribution in [3.8, 4) is 10.6 Å². The molecule has 0 spiro atoms. The molecule has 0 atom stereocenters. The standard InChI is InChI=1S/C15H18BrNS/c1-15(2,3)12-6-4-11(5-7-12)14-17-10-13(18-14)8-9-16/h4-7,10H,8-9H2,1-3H3. The summed E-state index contributed by atoms with van der Waals surface area (Å²) < 4.78 is 0. The van der Waals surface area contributed by atoms with Crippen molar-refractivity contribution in [3.05, 3.63) is 40.9 Å². The van der Waals surface area contributed by atoms with Gasteiger partial charge in [0.05, 0.1) is 0 Å². The monoisotopic (exact) mass is 323 g/mol. The molecule has 0 aliphatic rings. The van der Waals surface area contributed by atoms with Crippen molar-refractivity contribution >= 4 is 27.3 Å². The van der Waals surface area contributed by atoms with Crippen LogP contribution in [-0.4, -0.2) is 10.3 Å². The van der Waals surface area contributed by atoms with Crippen LogP contribution in [0.25, 0.3) is 10.6 Å². The second-order valence-corrected chi connectivity index (χ2v) is 7.31. The van der Waals surface area contributed by atoms with Gasteiger partial charge < -0.3 is 0 Å². The molecule has 0 saturated carbocycles. The number of halogens is 1. The fourth-order valence-corrected chi connectivity index (χ4v) is 3.37. The van der Waals surface area contributed by atoms with Gasteiger partial charge in [-0.3, -0.25) is 0 Å². The minimum absolute atomic E-state index is 0.211. The molecule has 2 rings (SSSR count). The highest BCUT2D eigenvalue weighted by atomic mass is 79.9. The van der Waals surface area contributed by atoms with Crippen LogP contribution in [0.4, 0.5) is 0 Å². The Bertz CT molecular complexity index is 508. The van der Waals surface area contributed by atoms with Crippen LogP contribution in [0.2, 0.25) is 0 Å². The van der Waals surface area contributed by atoms with Gasteiger partial charge in [-0.2, -0.15) is 0 Å². The number of hydrogen-bond acceptors (Lipinski definition) is 2. The molecule has 0 aliphatic heterocycles. The molecule has 96 valence electrons. The van der Waals surface area contributed by atoms with E-state index in [0.717, 1.165) is 16.8 Å². The number of aryl methyl sites for hydroxylation is 1. The van der Waals surface area contributed by atoms with Gasteiger partial charge in [0.15, 0.2) is 0 Å². The quantitative estimate of drug-likeness (QED) is 0.720. The maximum atomic E-state index is 4.49. The van der Waals surface area contributed by atoms with Crippen LogP contribution in [0.15, 0.2) is 30.5 Å². The molecular weight excluding hydrogens is 306 g/mol. The average molecular weight is 324 g/mol. The number of aromatic nitrogens is 1. The Balaban J connectivity index is 2.23. The second-order valence-electron chi connectivity index (χ2n) is 5.40. The fraction of sp³-hybridized carbons (Fsp3) is 0.400. The summed E-state index contributed by atoms with van der Waals surface area (Å²) in [5.41, 5.74) is 2.79. The van der Waals surface area contributed by atoms with Crippen LogP contribution in [0, 0.1) is 0 Å². The molecule has 0 N–H and O–H groups in total. The lowest BCUT2D eigenvalue weighted by Crippen LogP contribution is -2.10. The molecule has 1 aromatic carbocycles. The predicted molar refractivity (Wildman–Crippen MR) is 83.7 cm³/mol. The molecule has 0 radical (unpaired) electrons. The first-order valence-electron chi connectivity index (χ1n) is 6.12. The van der Waals surface area contributed by atoms with Crippen LogP contribution >= 0.6 is 27.3 Å². The molecule has 1 aromatic heterocycles. The van der Waals surface area contributed by atoms with E-state index in [-0.39, 0.29) is 5.41 Å². The minimum atomic E-state index is 0.211. The highest BCUT2D eigenvalue weighted by Crippen LogP contribution is 2.28. The highest BCUT2D eigenvalue weighted by molar-refractivity contribution is 9.09. The van der Waals surface area contributed by atoms with Crippen molar-refractivity contribution in [1.29, 1.82) is 0 Å². The molecule has 3 heteroatoms.